The molecule has 0 spiro atoms. The van der Waals surface area contributed by atoms with Gasteiger partial charge in [-0.25, -0.2) is 0 Å². The van der Waals surface area contributed by atoms with Crippen LogP contribution in [0.25, 0.3) is 5.69 Å². The summed E-state index contributed by atoms with van der Waals surface area (Å²) in [5.41, 5.74) is 0.746. The second kappa shape index (κ2) is 8.87. The Kier molecular flexibility index (Phi) is 6.55. The third-order valence-electron chi connectivity index (χ3n) is 2.83. The first kappa shape index (κ1) is 17.7. The SMILES string of the molecule is CCOC(=O)CNC(=O)CSc1nnnn1-c1ccc(OC)cc1. The van der Waals surface area contributed by atoms with E-state index in [4.69, 9.17) is 9.47 Å². The van der Waals surface area contributed by atoms with Crippen LogP contribution in [0, 0.1) is 0 Å². The molecule has 0 radical (unpaired) electrons. The van der Waals surface area contributed by atoms with E-state index in [-0.39, 0.29) is 24.8 Å². The molecule has 0 aliphatic carbocycles. The minimum absolute atomic E-state index is 0.0793. The molecule has 0 bridgehead atoms. The lowest BCUT2D eigenvalue weighted by atomic mass is 10.3. The van der Waals surface area contributed by atoms with Gasteiger partial charge in [-0.15, -0.1) is 5.10 Å². The molecule has 24 heavy (non-hydrogen) atoms. The van der Waals surface area contributed by atoms with Crippen LogP contribution in [0.2, 0.25) is 0 Å². The number of methoxy groups -OCH3 is 1. The van der Waals surface area contributed by atoms with Crippen LogP contribution in [0.5, 0.6) is 5.75 Å². The van der Waals surface area contributed by atoms with Crippen LogP contribution < -0.4 is 10.1 Å². The van der Waals surface area contributed by atoms with Gasteiger partial charge >= 0.3 is 5.97 Å². The Balaban J connectivity index is 1.91. The van der Waals surface area contributed by atoms with E-state index in [1.165, 1.54) is 4.68 Å². The van der Waals surface area contributed by atoms with Crippen LogP contribution in [0.15, 0.2) is 29.4 Å². The van der Waals surface area contributed by atoms with Gasteiger partial charge in [0, 0.05) is 0 Å². The van der Waals surface area contributed by atoms with Gasteiger partial charge in [0.15, 0.2) is 0 Å². The van der Waals surface area contributed by atoms with Crippen molar-refractivity contribution in [2.45, 2.75) is 12.1 Å². The van der Waals surface area contributed by atoms with E-state index in [9.17, 15) is 9.59 Å². The smallest absolute Gasteiger partial charge is 0.325 e. The summed E-state index contributed by atoms with van der Waals surface area (Å²) >= 11 is 1.16. The Morgan fingerprint density at radius 2 is 2.04 bits per heavy atom. The number of aromatic nitrogens is 4. The number of carbonyl (C=O) groups is 2. The van der Waals surface area contributed by atoms with Crippen molar-refractivity contribution in [2.75, 3.05) is 26.0 Å². The van der Waals surface area contributed by atoms with Crippen molar-refractivity contribution in [3.8, 4) is 11.4 Å². The number of thioether (sulfide) groups is 1. The highest BCUT2D eigenvalue weighted by atomic mass is 32.2. The highest BCUT2D eigenvalue weighted by molar-refractivity contribution is 7.99. The zero-order valence-corrected chi connectivity index (χ0v) is 14.1. The highest BCUT2D eigenvalue weighted by Gasteiger charge is 2.12. The van der Waals surface area contributed by atoms with Gasteiger partial charge < -0.3 is 14.8 Å². The lowest BCUT2D eigenvalue weighted by Crippen LogP contribution is -2.31. The second-order valence-corrected chi connectivity index (χ2v) is 5.38. The van der Waals surface area contributed by atoms with Gasteiger partial charge in [-0.2, -0.15) is 4.68 Å². The number of nitrogens with zero attached hydrogens (tertiary/aromatic N) is 4. The fourth-order valence-electron chi connectivity index (χ4n) is 1.72. The third-order valence-corrected chi connectivity index (χ3v) is 3.74. The van der Waals surface area contributed by atoms with E-state index >= 15 is 0 Å². The minimum Gasteiger partial charge on any atom is -0.497 e. The molecule has 1 N–H and O–H groups in total. The molecule has 0 aliphatic heterocycles. The lowest BCUT2D eigenvalue weighted by Gasteiger charge is -2.06. The molecule has 0 fully saturated rings. The number of benzene rings is 1. The summed E-state index contributed by atoms with van der Waals surface area (Å²) in [6.07, 6.45) is 0. The van der Waals surface area contributed by atoms with Crippen molar-refractivity contribution in [1.29, 1.82) is 0 Å². The van der Waals surface area contributed by atoms with Gasteiger partial charge in [-0.1, -0.05) is 11.8 Å². The molecule has 0 unspecified atom stereocenters. The Hall–Kier alpha value is -2.62. The summed E-state index contributed by atoms with van der Waals surface area (Å²) in [5, 5.41) is 14.4. The summed E-state index contributed by atoms with van der Waals surface area (Å²) in [4.78, 5) is 22.9. The number of nitrogens with one attached hydrogen (secondary N) is 1. The molecule has 0 atom stereocenters. The van der Waals surface area contributed by atoms with Crippen LogP contribution in [0.3, 0.4) is 0 Å². The Morgan fingerprint density at radius 3 is 2.71 bits per heavy atom. The normalized spacial score (nSPS) is 10.2. The molecule has 2 aromatic rings. The summed E-state index contributed by atoms with van der Waals surface area (Å²) < 4.78 is 11.4. The lowest BCUT2D eigenvalue weighted by molar-refractivity contribution is -0.143. The number of hydrogen-bond donors (Lipinski definition) is 1. The van der Waals surface area contributed by atoms with E-state index in [0.29, 0.717) is 5.16 Å². The molecule has 1 aromatic carbocycles. The number of hydrogen-bond acceptors (Lipinski definition) is 8. The van der Waals surface area contributed by atoms with E-state index in [1.54, 1.807) is 38.3 Å². The van der Waals surface area contributed by atoms with Gasteiger partial charge in [0.2, 0.25) is 11.1 Å². The van der Waals surface area contributed by atoms with Gasteiger partial charge in [-0.05, 0) is 41.6 Å². The van der Waals surface area contributed by atoms with Crippen LogP contribution >= 0.6 is 11.8 Å². The maximum absolute atomic E-state index is 11.7. The Labute approximate surface area is 142 Å². The number of carbonyl (C=O) groups excluding carboxylic acids is 2. The average Bonchev–Trinajstić information content (AvgIpc) is 3.07. The summed E-state index contributed by atoms with van der Waals surface area (Å²) in [6, 6.07) is 7.19. The van der Waals surface area contributed by atoms with Crippen molar-refractivity contribution in [3.63, 3.8) is 0 Å². The monoisotopic (exact) mass is 351 g/mol. The molecule has 1 heterocycles. The van der Waals surface area contributed by atoms with Crippen LogP contribution in [-0.4, -0.2) is 58.1 Å². The van der Waals surface area contributed by atoms with Crippen molar-refractivity contribution in [3.05, 3.63) is 24.3 Å². The Morgan fingerprint density at radius 1 is 1.29 bits per heavy atom. The van der Waals surface area contributed by atoms with E-state index in [1.807, 2.05) is 0 Å². The molecule has 1 aromatic heterocycles. The first-order valence-corrected chi connectivity index (χ1v) is 8.10. The van der Waals surface area contributed by atoms with Crippen molar-refractivity contribution in [1.82, 2.24) is 25.5 Å². The maximum Gasteiger partial charge on any atom is 0.325 e. The second-order valence-electron chi connectivity index (χ2n) is 4.44. The highest BCUT2D eigenvalue weighted by Crippen LogP contribution is 2.20. The fourth-order valence-corrected chi connectivity index (χ4v) is 2.44. The van der Waals surface area contributed by atoms with E-state index < -0.39 is 5.97 Å². The van der Waals surface area contributed by atoms with Gasteiger partial charge in [0.1, 0.15) is 12.3 Å². The zero-order chi connectivity index (χ0) is 17.4. The molecule has 0 aliphatic rings. The molecule has 0 saturated heterocycles. The largest absolute Gasteiger partial charge is 0.497 e. The third kappa shape index (κ3) is 4.95. The summed E-state index contributed by atoms with van der Waals surface area (Å²) in [7, 11) is 1.59. The van der Waals surface area contributed by atoms with E-state index in [0.717, 1.165) is 23.2 Å². The zero-order valence-electron chi connectivity index (χ0n) is 13.3. The van der Waals surface area contributed by atoms with E-state index in [2.05, 4.69) is 20.8 Å². The quantitative estimate of drug-likeness (QED) is 0.539. The fraction of sp³-hybridized carbons (Fsp3) is 0.357. The summed E-state index contributed by atoms with van der Waals surface area (Å²) in [6.45, 7) is 1.82. The molecule has 10 heteroatoms. The van der Waals surface area contributed by atoms with Gasteiger partial charge in [0.05, 0.1) is 25.2 Å². The maximum atomic E-state index is 11.7. The minimum atomic E-state index is -0.473. The number of ether oxygens (including phenoxy) is 2. The van der Waals surface area contributed by atoms with Gasteiger partial charge in [0.25, 0.3) is 0 Å². The van der Waals surface area contributed by atoms with Crippen molar-refractivity contribution in [2.24, 2.45) is 0 Å². The van der Waals surface area contributed by atoms with Crippen molar-refractivity contribution < 1.29 is 19.1 Å². The molecule has 2 rings (SSSR count). The molecule has 9 nitrogen and oxygen atoms in total. The number of tetrazole rings is 1. The average molecular weight is 351 g/mol. The standard InChI is InChI=1S/C14H17N5O4S/c1-3-23-13(21)8-15-12(20)9-24-14-16-17-18-19(14)10-4-6-11(22-2)7-5-10/h4-7H,3,8-9H2,1-2H3,(H,15,20). The van der Waals surface area contributed by atoms with Crippen LogP contribution in [-0.2, 0) is 14.3 Å². The van der Waals surface area contributed by atoms with Crippen molar-refractivity contribution >= 4 is 23.6 Å². The molecule has 0 saturated carbocycles. The summed E-state index contributed by atoms with van der Waals surface area (Å²) in [5.74, 6) is 0.0197. The number of amides is 1. The molecule has 1 amide bonds. The first-order valence-electron chi connectivity index (χ1n) is 7.12. The first-order chi connectivity index (χ1) is 11.6. The van der Waals surface area contributed by atoms with Crippen LogP contribution in [0.4, 0.5) is 0 Å². The molecule has 128 valence electrons. The topological polar surface area (TPSA) is 108 Å². The Bertz CT molecular complexity index is 689. The van der Waals surface area contributed by atoms with Gasteiger partial charge in [-0.3, -0.25) is 9.59 Å². The molecular formula is C14H17N5O4S. The predicted octanol–water partition coefficient (Wildman–Crippen LogP) is 0.442. The van der Waals surface area contributed by atoms with Crippen LogP contribution in [0.1, 0.15) is 6.92 Å². The number of rotatable bonds is 8. The molecular weight excluding hydrogens is 334 g/mol. The predicted molar refractivity (Wildman–Crippen MR) is 86.1 cm³/mol. The number of esters is 1.